The van der Waals surface area contributed by atoms with Crippen molar-refractivity contribution in [1.29, 1.82) is 0 Å². The molecule has 1 aromatic rings. The molecule has 0 radical (unpaired) electrons. The van der Waals surface area contributed by atoms with Crippen molar-refractivity contribution in [2.45, 2.75) is 12.8 Å². The summed E-state index contributed by atoms with van der Waals surface area (Å²) in [7, 11) is 1.68. The first-order chi connectivity index (χ1) is 7.24. The summed E-state index contributed by atoms with van der Waals surface area (Å²) in [6.07, 6.45) is 0. The minimum absolute atomic E-state index is 0.170. The fraction of sp³-hybridized carbons (Fsp3) is 0.500. The van der Waals surface area contributed by atoms with Gasteiger partial charge >= 0.3 is 0 Å². The zero-order chi connectivity index (χ0) is 11.1. The molecule has 1 atom stereocenters. The van der Waals surface area contributed by atoms with Crippen molar-refractivity contribution in [2.24, 2.45) is 0 Å². The van der Waals surface area contributed by atoms with Crippen LogP contribution in [0.1, 0.15) is 18.4 Å². The summed E-state index contributed by atoms with van der Waals surface area (Å²) in [5.41, 5.74) is 1.03. The van der Waals surface area contributed by atoms with Crippen LogP contribution in [-0.4, -0.2) is 26.8 Å². The van der Waals surface area contributed by atoms with Crippen LogP contribution < -0.4 is 5.32 Å². The lowest BCUT2D eigenvalue weighted by Gasteiger charge is -2.12. The van der Waals surface area contributed by atoms with E-state index in [2.05, 4.69) is 12.2 Å². The van der Waals surface area contributed by atoms with Crippen LogP contribution in [0.2, 0.25) is 0 Å². The van der Waals surface area contributed by atoms with Gasteiger partial charge in [-0.1, -0.05) is 19.1 Å². The SMILES string of the molecule is COCCNCC(C)c1cccc(F)c1. The van der Waals surface area contributed by atoms with Crippen LogP contribution in [0.4, 0.5) is 4.39 Å². The Hall–Kier alpha value is -0.930. The van der Waals surface area contributed by atoms with E-state index in [9.17, 15) is 4.39 Å². The predicted molar refractivity (Wildman–Crippen MR) is 59.6 cm³/mol. The van der Waals surface area contributed by atoms with Crippen molar-refractivity contribution in [3.63, 3.8) is 0 Å². The molecule has 0 spiro atoms. The summed E-state index contributed by atoms with van der Waals surface area (Å²) in [5, 5.41) is 3.26. The third kappa shape index (κ3) is 4.40. The molecule has 1 unspecified atom stereocenters. The van der Waals surface area contributed by atoms with E-state index in [1.54, 1.807) is 19.2 Å². The number of hydrogen-bond acceptors (Lipinski definition) is 2. The molecule has 0 fully saturated rings. The summed E-state index contributed by atoms with van der Waals surface area (Å²) >= 11 is 0. The lowest BCUT2D eigenvalue weighted by atomic mass is 10.0. The molecule has 0 aliphatic carbocycles. The summed E-state index contributed by atoms with van der Waals surface area (Å²) in [6.45, 7) is 4.45. The number of halogens is 1. The average molecular weight is 211 g/mol. The Morgan fingerprint density at radius 2 is 2.27 bits per heavy atom. The van der Waals surface area contributed by atoms with Gasteiger partial charge < -0.3 is 10.1 Å². The molecule has 1 N–H and O–H groups in total. The molecule has 1 rings (SSSR count). The van der Waals surface area contributed by atoms with Crippen LogP contribution in [0.5, 0.6) is 0 Å². The first kappa shape index (κ1) is 12.1. The van der Waals surface area contributed by atoms with Crippen LogP contribution in [0.15, 0.2) is 24.3 Å². The monoisotopic (exact) mass is 211 g/mol. The zero-order valence-electron chi connectivity index (χ0n) is 9.29. The summed E-state index contributed by atoms with van der Waals surface area (Å²) in [6, 6.07) is 6.75. The van der Waals surface area contributed by atoms with Gasteiger partial charge in [-0.3, -0.25) is 0 Å². The van der Waals surface area contributed by atoms with Gasteiger partial charge in [-0.15, -0.1) is 0 Å². The van der Waals surface area contributed by atoms with Gasteiger partial charge in [0.25, 0.3) is 0 Å². The number of methoxy groups -OCH3 is 1. The van der Waals surface area contributed by atoms with Gasteiger partial charge in [-0.05, 0) is 23.6 Å². The Morgan fingerprint density at radius 3 is 2.93 bits per heavy atom. The van der Waals surface area contributed by atoms with E-state index in [4.69, 9.17) is 4.74 Å². The van der Waals surface area contributed by atoms with Crippen LogP contribution in [0.25, 0.3) is 0 Å². The molecular weight excluding hydrogens is 193 g/mol. The molecule has 15 heavy (non-hydrogen) atoms. The molecule has 0 heterocycles. The highest BCUT2D eigenvalue weighted by molar-refractivity contribution is 5.20. The average Bonchev–Trinajstić information content (AvgIpc) is 2.24. The normalized spacial score (nSPS) is 12.7. The first-order valence-corrected chi connectivity index (χ1v) is 5.19. The number of rotatable bonds is 6. The highest BCUT2D eigenvalue weighted by atomic mass is 19.1. The van der Waals surface area contributed by atoms with Crippen LogP contribution >= 0.6 is 0 Å². The molecule has 1 aromatic carbocycles. The minimum atomic E-state index is -0.170. The number of nitrogens with one attached hydrogen (secondary N) is 1. The van der Waals surface area contributed by atoms with Crippen molar-refractivity contribution in [3.05, 3.63) is 35.6 Å². The molecule has 2 nitrogen and oxygen atoms in total. The second kappa shape index (κ2) is 6.53. The van der Waals surface area contributed by atoms with E-state index in [-0.39, 0.29) is 5.82 Å². The van der Waals surface area contributed by atoms with Crippen LogP contribution in [0.3, 0.4) is 0 Å². The van der Waals surface area contributed by atoms with Gasteiger partial charge in [0.05, 0.1) is 6.61 Å². The largest absolute Gasteiger partial charge is 0.383 e. The molecule has 0 aromatic heterocycles. The molecule has 84 valence electrons. The lowest BCUT2D eigenvalue weighted by Crippen LogP contribution is -2.23. The molecule has 0 saturated carbocycles. The Morgan fingerprint density at radius 1 is 1.47 bits per heavy atom. The maximum Gasteiger partial charge on any atom is 0.123 e. The fourth-order valence-corrected chi connectivity index (χ4v) is 1.42. The van der Waals surface area contributed by atoms with Crippen molar-refractivity contribution in [1.82, 2.24) is 5.32 Å². The van der Waals surface area contributed by atoms with Gasteiger partial charge in [0.1, 0.15) is 5.82 Å². The second-order valence-corrected chi connectivity index (χ2v) is 3.65. The maximum atomic E-state index is 12.9. The molecule has 0 amide bonds. The molecule has 3 heteroatoms. The topological polar surface area (TPSA) is 21.3 Å². The Balaban J connectivity index is 2.36. The predicted octanol–water partition coefficient (Wildman–Crippen LogP) is 2.17. The van der Waals surface area contributed by atoms with E-state index in [1.807, 2.05) is 6.07 Å². The first-order valence-electron chi connectivity index (χ1n) is 5.19. The Kier molecular flexibility index (Phi) is 5.29. The summed E-state index contributed by atoms with van der Waals surface area (Å²) in [4.78, 5) is 0. The van der Waals surface area contributed by atoms with E-state index in [0.29, 0.717) is 12.5 Å². The van der Waals surface area contributed by atoms with Crippen molar-refractivity contribution in [3.8, 4) is 0 Å². The molecule has 0 saturated heterocycles. The summed E-state index contributed by atoms with van der Waals surface area (Å²) < 4.78 is 17.9. The minimum Gasteiger partial charge on any atom is -0.383 e. The number of benzene rings is 1. The zero-order valence-corrected chi connectivity index (χ0v) is 9.29. The van der Waals surface area contributed by atoms with Gasteiger partial charge in [0.15, 0.2) is 0 Å². The van der Waals surface area contributed by atoms with Crippen LogP contribution in [-0.2, 0) is 4.74 Å². The highest BCUT2D eigenvalue weighted by Crippen LogP contribution is 2.14. The van der Waals surface area contributed by atoms with E-state index in [1.165, 1.54) is 6.07 Å². The molecule has 0 aliphatic heterocycles. The quantitative estimate of drug-likeness (QED) is 0.728. The summed E-state index contributed by atoms with van der Waals surface area (Å²) in [5.74, 6) is 0.147. The van der Waals surface area contributed by atoms with E-state index in [0.717, 1.165) is 18.7 Å². The Labute approximate surface area is 90.4 Å². The van der Waals surface area contributed by atoms with Crippen molar-refractivity contribution >= 4 is 0 Å². The third-order valence-corrected chi connectivity index (χ3v) is 2.35. The van der Waals surface area contributed by atoms with Gasteiger partial charge in [-0.25, -0.2) is 4.39 Å². The smallest absolute Gasteiger partial charge is 0.123 e. The van der Waals surface area contributed by atoms with E-state index >= 15 is 0 Å². The molecular formula is C12H18FNO. The maximum absolute atomic E-state index is 12.9. The highest BCUT2D eigenvalue weighted by Gasteiger charge is 2.05. The standard InChI is InChI=1S/C12H18FNO/c1-10(9-14-6-7-15-2)11-4-3-5-12(13)8-11/h3-5,8,10,14H,6-7,9H2,1-2H3. The Bertz CT molecular complexity index is 291. The van der Waals surface area contributed by atoms with Gasteiger partial charge in [0.2, 0.25) is 0 Å². The van der Waals surface area contributed by atoms with Crippen molar-refractivity contribution in [2.75, 3.05) is 26.8 Å². The molecule has 0 aliphatic rings. The molecule has 0 bridgehead atoms. The lowest BCUT2D eigenvalue weighted by molar-refractivity contribution is 0.199. The third-order valence-electron chi connectivity index (χ3n) is 2.35. The number of ether oxygens (including phenoxy) is 1. The van der Waals surface area contributed by atoms with E-state index < -0.39 is 0 Å². The second-order valence-electron chi connectivity index (χ2n) is 3.65. The van der Waals surface area contributed by atoms with Crippen LogP contribution in [0, 0.1) is 5.82 Å². The van der Waals surface area contributed by atoms with Gasteiger partial charge in [0, 0.05) is 20.2 Å². The fourth-order valence-electron chi connectivity index (χ4n) is 1.42. The number of hydrogen-bond donors (Lipinski definition) is 1. The van der Waals surface area contributed by atoms with Crippen molar-refractivity contribution < 1.29 is 9.13 Å². The van der Waals surface area contributed by atoms with Gasteiger partial charge in [-0.2, -0.15) is 0 Å².